The van der Waals surface area contributed by atoms with Crippen LogP contribution in [0.3, 0.4) is 0 Å². The lowest BCUT2D eigenvalue weighted by Crippen LogP contribution is -2.37. The van der Waals surface area contributed by atoms with Gasteiger partial charge in [0.2, 0.25) is 0 Å². The largest absolute Gasteiger partial charge is 0.355 e. The molecule has 6 nitrogen and oxygen atoms in total. The average Bonchev–Trinajstić information content (AvgIpc) is 2.30. The van der Waals surface area contributed by atoms with E-state index in [9.17, 15) is 4.79 Å². The molecule has 0 bridgehead atoms. The van der Waals surface area contributed by atoms with Crippen LogP contribution in [0.5, 0.6) is 0 Å². The van der Waals surface area contributed by atoms with Crippen LogP contribution in [-0.4, -0.2) is 45.7 Å². The van der Waals surface area contributed by atoms with Gasteiger partial charge in [0.1, 0.15) is 6.79 Å². The van der Waals surface area contributed by atoms with E-state index in [2.05, 4.69) is 17.2 Å². The predicted molar refractivity (Wildman–Crippen MR) is 62.0 cm³/mol. The lowest BCUT2D eigenvalue weighted by atomic mass is 10.5. The van der Waals surface area contributed by atoms with E-state index in [1.165, 1.54) is 0 Å². The summed E-state index contributed by atoms with van der Waals surface area (Å²) in [7, 11) is 0. The van der Waals surface area contributed by atoms with Gasteiger partial charge in [0.05, 0.1) is 13.2 Å². The Morgan fingerprint density at radius 1 is 1.31 bits per heavy atom. The number of urea groups is 1. The van der Waals surface area contributed by atoms with E-state index in [0.717, 1.165) is 6.42 Å². The molecular formula is C10H21N3O3. The van der Waals surface area contributed by atoms with Gasteiger partial charge in [0.25, 0.3) is 0 Å². The molecule has 4 N–H and O–H groups in total. The number of nitrogens with two attached hydrogens (primary N) is 1. The fraction of sp³-hybridized carbons (Fsp3) is 0.700. The minimum atomic E-state index is -0.229. The Balaban J connectivity index is 3.08. The molecule has 0 radical (unpaired) electrons. The van der Waals surface area contributed by atoms with E-state index < -0.39 is 0 Å². The van der Waals surface area contributed by atoms with E-state index >= 15 is 0 Å². The summed E-state index contributed by atoms with van der Waals surface area (Å²) in [5.41, 5.74) is 5.28. The first kappa shape index (κ1) is 14.9. The molecule has 16 heavy (non-hydrogen) atoms. The Kier molecular flexibility index (Phi) is 11.1. The summed E-state index contributed by atoms with van der Waals surface area (Å²) >= 11 is 0. The molecule has 0 aliphatic carbocycles. The zero-order valence-corrected chi connectivity index (χ0v) is 9.54. The van der Waals surface area contributed by atoms with Crippen molar-refractivity contribution in [3.05, 3.63) is 12.7 Å². The topological polar surface area (TPSA) is 85.6 Å². The number of carbonyl (C=O) groups excluding carboxylic acids is 1. The predicted octanol–water partition coefficient (Wildman–Crippen LogP) is -0.189. The van der Waals surface area contributed by atoms with Crippen LogP contribution in [0.25, 0.3) is 0 Å². The molecule has 94 valence electrons. The zero-order valence-electron chi connectivity index (χ0n) is 9.54. The van der Waals surface area contributed by atoms with Crippen LogP contribution in [0.1, 0.15) is 6.42 Å². The van der Waals surface area contributed by atoms with Crippen molar-refractivity contribution >= 4 is 6.03 Å². The Bertz CT molecular complexity index is 188. The molecule has 0 saturated carbocycles. The molecule has 0 atom stereocenters. The Hall–Kier alpha value is -1.11. The van der Waals surface area contributed by atoms with Crippen molar-refractivity contribution in [2.45, 2.75) is 6.42 Å². The van der Waals surface area contributed by atoms with Crippen LogP contribution in [0.4, 0.5) is 4.79 Å². The fourth-order valence-electron chi connectivity index (χ4n) is 0.826. The van der Waals surface area contributed by atoms with Gasteiger partial charge in [-0.3, -0.25) is 0 Å². The SMILES string of the molecule is C=CCNC(=O)NCCOCOCCCN. The minimum Gasteiger partial charge on any atom is -0.355 e. The molecule has 0 aromatic carbocycles. The summed E-state index contributed by atoms with van der Waals surface area (Å²) in [5.74, 6) is 0. The lowest BCUT2D eigenvalue weighted by Gasteiger charge is -2.07. The smallest absolute Gasteiger partial charge is 0.315 e. The second kappa shape index (κ2) is 12.0. The van der Waals surface area contributed by atoms with Crippen molar-refractivity contribution in [1.82, 2.24) is 10.6 Å². The number of hydrogen-bond donors (Lipinski definition) is 3. The third-order valence-electron chi connectivity index (χ3n) is 1.60. The highest BCUT2D eigenvalue weighted by Gasteiger charge is 1.96. The van der Waals surface area contributed by atoms with Gasteiger partial charge < -0.3 is 25.8 Å². The monoisotopic (exact) mass is 231 g/mol. The Labute approximate surface area is 96.2 Å². The summed E-state index contributed by atoms with van der Waals surface area (Å²) in [6.45, 7) is 6.26. The zero-order chi connectivity index (χ0) is 12.1. The van der Waals surface area contributed by atoms with Crippen LogP contribution >= 0.6 is 0 Å². The van der Waals surface area contributed by atoms with Crippen molar-refractivity contribution in [2.75, 3.05) is 39.6 Å². The maximum atomic E-state index is 11.0. The van der Waals surface area contributed by atoms with Crippen molar-refractivity contribution in [2.24, 2.45) is 5.73 Å². The first-order chi connectivity index (χ1) is 7.81. The van der Waals surface area contributed by atoms with Crippen LogP contribution in [0, 0.1) is 0 Å². The van der Waals surface area contributed by atoms with E-state index in [-0.39, 0.29) is 12.8 Å². The van der Waals surface area contributed by atoms with Crippen LogP contribution in [0.15, 0.2) is 12.7 Å². The third kappa shape index (κ3) is 11.0. The first-order valence-corrected chi connectivity index (χ1v) is 5.29. The van der Waals surface area contributed by atoms with E-state index in [0.29, 0.717) is 32.8 Å². The van der Waals surface area contributed by atoms with E-state index in [1.807, 2.05) is 0 Å². The highest BCUT2D eigenvalue weighted by molar-refractivity contribution is 5.73. The fourth-order valence-corrected chi connectivity index (χ4v) is 0.826. The summed E-state index contributed by atoms with van der Waals surface area (Å²) in [5, 5.41) is 5.20. The van der Waals surface area contributed by atoms with Gasteiger partial charge in [-0.15, -0.1) is 6.58 Å². The van der Waals surface area contributed by atoms with Gasteiger partial charge in [-0.05, 0) is 13.0 Å². The number of amides is 2. The molecule has 0 fully saturated rings. The first-order valence-electron chi connectivity index (χ1n) is 5.29. The normalized spacial score (nSPS) is 9.81. The summed E-state index contributed by atoms with van der Waals surface area (Å²) in [6, 6.07) is -0.229. The standard InChI is InChI=1S/C10H21N3O3/c1-2-5-12-10(14)13-6-8-16-9-15-7-3-4-11/h2H,1,3-9,11H2,(H2,12,13,14). The van der Waals surface area contributed by atoms with Crippen LogP contribution in [0.2, 0.25) is 0 Å². The number of carbonyl (C=O) groups is 1. The van der Waals surface area contributed by atoms with Gasteiger partial charge in [-0.2, -0.15) is 0 Å². The Morgan fingerprint density at radius 2 is 2.06 bits per heavy atom. The second-order valence-electron chi connectivity index (χ2n) is 3.00. The molecule has 0 aliphatic rings. The van der Waals surface area contributed by atoms with E-state index in [4.69, 9.17) is 15.2 Å². The summed E-state index contributed by atoms with van der Waals surface area (Å²) in [6.07, 6.45) is 2.44. The van der Waals surface area contributed by atoms with Gasteiger partial charge >= 0.3 is 6.03 Å². The van der Waals surface area contributed by atoms with Gasteiger partial charge in [-0.25, -0.2) is 4.79 Å². The van der Waals surface area contributed by atoms with Gasteiger partial charge in [-0.1, -0.05) is 6.08 Å². The maximum absolute atomic E-state index is 11.0. The molecule has 0 spiro atoms. The van der Waals surface area contributed by atoms with Crippen LogP contribution < -0.4 is 16.4 Å². The molecule has 0 rings (SSSR count). The molecule has 2 amide bonds. The highest BCUT2D eigenvalue weighted by atomic mass is 16.7. The molecule has 0 saturated heterocycles. The van der Waals surface area contributed by atoms with Gasteiger partial charge in [0.15, 0.2) is 0 Å². The van der Waals surface area contributed by atoms with Gasteiger partial charge in [0, 0.05) is 13.1 Å². The molecule has 6 heteroatoms. The molecule has 0 heterocycles. The molecular weight excluding hydrogens is 210 g/mol. The number of rotatable bonds is 10. The quantitative estimate of drug-likeness (QED) is 0.276. The highest BCUT2D eigenvalue weighted by Crippen LogP contribution is 1.81. The van der Waals surface area contributed by atoms with Crippen molar-refractivity contribution in [1.29, 1.82) is 0 Å². The van der Waals surface area contributed by atoms with Crippen molar-refractivity contribution in [3.8, 4) is 0 Å². The number of hydrogen-bond acceptors (Lipinski definition) is 4. The number of ether oxygens (including phenoxy) is 2. The van der Waals surface area contributed by atoms with Crippen LogP contribution in [-0.2, 0) is 9.47 Å². The summed E-state index contributed by atoms with van der Waals surface area (Å²) in [4.78, 5) is 11.0. The minimum absolute atomic E-state index is 0.229. The lowest BCUT2D eigenvalue weighted by molar-refractivity contribution is -0.0520. The van der Waals surface area contributed by atoms with Crippen molar-refractivity contribution in [3.63, 3.8) is 0 Å². The molecule has 0 aromatic heterocycles. The van der Waals surface area contributed by atoms with E-state index in [1.54, 1.807) is 6.08 Å². The molecule has 0 aliphatic heterocycles. The molecule has 0 unspecified atom stereocenters. The second-order valence-corrected chi connectivity index (χ2v) is 3.00. The Morgan fingerprint density at radius 3 is 2.75 bits per heavy atom. The average molecular weight is 231 g/mol. The maximum Gasteiger partial charge on any atom is 0.315 e. The molecule has 0 aromatic rings. The van der Waals surface area contributed by atoms with Crippen molar-refractivity contribution < 1.29 is 14.3 Å². The summed E-state index contributed by atoms with van der Waals surface area (Å²) < 4.78 is 10.2. The number of nitrogens with one attached hydrogen (secondary N) is 2. The third-order valence-corrected chi connectivity index (χ3v) is 1.60.